The Balaban J connectivity index is 1.35. The Labute approximate surface area is 212 Å². The zero-order valence-electron chi connectivity index (χ0n) is 20.1. The highest BCUT2D eigenvalue weighted by Gasteiger charge is 2.25. The van der Waals surface area contributed by atoms with Gasteiger partial charge in [-0.15, -0.1) is 0 Å². The highest BCUT2D eigenvalue weighted by atomic mass is 32.2. The van der Waals surface area contributed by atoms with Crippen molar-refractivity contribution >= 4 is 15.6 Å². The van der Waals surface area contributed by atoms with Gasteiger partial charge in [0.1, 0.15) is 12.4 Å². The first-order valence-corrected chi connectivity index (χ1v) is 13.3. The zero-order valence-corrected chi connectivity index (χ0v) is 20.9. The number of likely N-dealkylation sites (tertiary alicyclic amines) is 1. The topological polar surface area (TPSA) is 98.7 Å². The maximum atomic E-state index is 14.4. The standard InChI is InChI=1S/C25H24F3N3O5S/c1-15-24(29-14-30-25(15)36-23-6-4-18(12-21(23)28)37(2,33)34)35-17-7-9-31(10-8-17)13-22(32)16-3-5-19(26)20(27)11-16/h3-6,11-12,14,17H,7-10,13H2,1-2H3. The van der Waals surface area contributed by atoms with E-state index in [1.54, 1.807) is 6.92 Å². The minimum Gasteiger partial charge on any atom is -0.474 e. The number of piperidine rings is 1. The summed E-state index contributed by atoms with van der Waals surface area (Å²) in [5, 5.41) is 0. The summed E-state index contributed by atoms with van der Waals surface area (Å²) in [5.41, 5.74) is 0.550. The number of hydrogen-bond donors (Lipinski definition) is 0. The summed E-state index contributed by atoms with van der Waals surface area (Å²) in [5.74, 6) is -3.09. The van der Waals surface area contributed by atoms with Crippen LogP contribution in [-0.2, 0) is 9.84 Å². The highest BCUT2D eigenvalue weighted by Crippen LogP contribution is 2.31. The molecule has 0 unspecified atom stereocenters. The number of halogens is 3. The Bertz CT molecular complexity index is 1430. The van der Waals surface area contributed by atoms with Crippen molar-refractivity contribution in [2.24, 2.45) is 0 Å². The first kappa shape index (κ1) is 26.6. The van der Waals surface area contributed by atoms with Gasteiger partial charge in [0.05, 0.1) is 17.0 Å². The lowest BCUT2D eigenvalue weighted by Crippen LogP contribution is -2.41. The molecule has 3 aromatic rings. The third-order valence-electron chi connectivity index (χ3n) is 5.95. The number of Topliss-reactive ketones (excluding diaryl/α,β-unsaturated/α-hetero) is 1. The lowest BCUT2D eigenvalue weighted by atomic mass is 10.1. The minimum absolute atomic E-state index is 0.0607. The number of ketones is 1. The molecule has 0 atom stereocenters. The number of benzene rings is 2. The van der Waals surface area contributed by atoms with Gasteiger partial charge in [0.25, 0.3) is 0 Å². The molecule has 0 spiro atoms. The Kier molecular flexibility index (Phi) is 7.79. The van der Waals surface area contributed by atoms with Crippen molar-refractivity contribution < 1.29 is 35.9 Å². The van der Waals surface area contributed by atoms with Crippen LogP contribution < -0.4 is 9.47 Å². The van der Waals surface area contributed by atoms with E-state index < -0.39 is 27.3 Å². The Morgan fingerprint density at radius 2 is 1.70 bits per heavy atom. The monoisotopic (exact) mass is 535 g/mol. The van der Waals surface area contributed by atoms with Crippen LogP contribution in [0.15, 0.2) is 47.6 Å². The molecule has 37 heavy (non-hydrogen) atoms. The van der Waals surface area contributed by atoms with E-state index in [0.29, 0.717) is 31.5 Å². The van der Waals surface area contributed by atoms with Gasteiger partial charge in [-0.1, -0.05) is 0 Å². The number of nitrogens with zero attached hydrogens (tertiary/aromatic N) is 3. The molecule has 1 saturated heterocycles. The number of carbonyl (C=O) groups is 1. The predicted octanol–water partition coefficient (Wildman–Crippen LogP) is 4.12. The number of sulfone groups is 1. The summed E-state index contributed by atoms with van der Waals surface area (Å²) < 4.78 is 75.8. The van der Waals surface area contributed by atoms with E-state index in [0.717, 1.165) is 24.5 Å². The molecule has 1 aliphatic heterocycles. The van der Waals surface area contributed by atoms with Crippen molar-refractivity contribution in [2.45, 2.75) is 30.8 Å². The molecular formula is C25H24F3N3O5S. The fourth-order valence-corrected chi connectivity index (χ4v) is 4.48. The summed E-state index contributed by atoms with van der Waals surface area (Å²) in [6.07, 6.45) is 3.17. The van der Waals surface area contributed by atoms with E-state index in [9.17, 15) is 26.4 Å². The third-order valence-corrected chi connectivity index (χ3v) is 7.06. The molecule has 0 bridgehead atoms. The second-order valence-corrected chi connectivity index (χ2v) is 10.7. The number of aromatic nitrogens is 2. The quantitative estimate of drug-likeness (QED) is 0.397. The second kappa shape index (κ2) is 10.9. The molecule has 0 saturated carbocycles. The number of carbonyl (C=O) groups excluding carboxylic acids is 1. The van der Waals surface area contributed by atoms with E-state index >= 15 is 0 Å². The second-order valence-electron chi connectivity index (χ2n) is 8.72. The van der Waals surface area contributed by atoms with Crippen molar-refractivity contribution in [1.82, 2.24) is 14.9 Å². The summed E-state index contributed by atoms with van der Waals surface area (Å²) in [4.78, 5) is 22.3. The maximum Gasteiger partial charge on any atom is 0.229 e. The van der Waals surface area contributed by atoms with Crippen LogP contribution >= 0.6 is 0 Å². The molecule has 196 valence electrons. The zero-order chi connectivity index (χ0) is 26.7. The molecule has 1 fully saturated rings. The largest absolute Gasteiger partial charge is 0.474 e. The van der Waals surface area contributed by atoms with Crippen molar-refractivity contribution in [1.29, 1.82) is 0 Å². The van der Waals surface area contributed by atoms with E-state index in [1.165, 1.54) is 24.5 Å². The van der Waals surface area contributed by atoms with Gasteiger partial charge in [-0.05, 0) is 56.2 Å². The van der Waals surface area contributed by atoms with Crippen LogP contribution in [0.2, 0.25) is 0 Å². The van der Waals surface area contributed by atoms with Gasteiger partial charge in [-0.25, -0.2) is 31.6 Å². The molecule has 1 aliphatic rings. The van der Waals surface area contributed by atoms with Crippen LogP contribution in [0.1, 0.15) is 28.8 Å². The van der Waals surface area contributed by atoms with Gasteiger partial charge in [0.15, 0.2) is 38.8 Å². The normalized spacial score (nSPS) is 14.9. The van der Waals surface area contributed by atoms with E-state index in [4.69, 9.17) is 9.47 Å². The molecule has 2 aromatic carbocycles. The summed E-state index contributed by atoms with van der Waals surface area (Å²) in [7, 11) is -3.57. The average molecular weight is 536 g/mol. The molecular weight excluding hydrogens is 511 g/mol. The minimum atomic E-state index is -3.57. The maximum absolute atomic E-state index is 14.4. The summed E-state index contributed by atoms with van der Waals surface area (Å²) in [6.45, 7) is 2.83. The van der Waals surface area contributed by atoms with Gasteiger partial charge >= 0.3 is 0 Å². The molecule has 0 aliphatic carbocycles. The van der Waals surface area contributed by atoms with E-state index in [1.807, 2.05) is 4.90 Å². The van der Waals surface area contributed by atoms with Gasteiger partial charge in [0.2, 0.25) is 11.8 Å². The highest BCUT2D eigenvalue weighted by molar-refractivity contribution is 7.90. The number of hydrogen-bond acceptors (Lipinski definition) is 8. The van der Waals surface area contributed by atoms with E-state index in [2.05, 4.69) is 9.97 Å². The third kappa shape index (κ3) is 6.44. The first-order valence-electron chi connectivity index (χ1n) is 11.4. The molecule has 0 N–H and O–H groups in total. The molecule has 8 nitrogen and oxygen atoms in total. The Hall–Kier alpha value is -3.51. The lowest BCUT2D eigenvalue weighted by molar-refractivity contribution is 0.0774. The van der Waals surface area contributed by atoms with Crippen molar-refractivity contribution in [3.8, 4) is 17.5 Å². The molecule has 12 heteroatoms. The van der Waals surface area contributed by atoms with Crippen LogP contribution in [0.3, 0.4) is 0 Å². The van der Waals surface area contributed by atoms with Crippen LogP contribution in [0.5, 0.6) is 17.5 Å². The SMILES string of the molecule is Cc1c(Oc2ccc(S(C)(=O)=O)cc2F)ncnc1OC1CCN(CC(=O)c2ccc(F)c(F)c2)CC1. The predicted molar refractivity (Wildman–Crippen MR) is 127 cm³/mol. The summed E-state index contributed by atoms with van der Waals surface area (Å²) in [6, 6.07) is 6.43. The Morgan fingerprint density at radius 3 is 2.35 bits per heavy atom. The Morgan fingerprint density at radius 1 is 1.00 bits per heavy atom. The number of rotatable bonds is 8. The fraction of sp³-hybridized carbons (Fsp3) is 0.320. The van der Waals surface area contributed by atoms with Crippen LogP contribution in [0, 0.1) is 24.4 Å². The smallest absolute Gasteiger partial charge is 0.229 e. The average Bonchev–Trinajstić information content (AvgIpc) is 2.85. The lowest BCUT2D eigenvalue weighted by Gasteiger charge is -2.31. The van der Waals surface area contributed by atoms with Crippen LogP contribution in [0.4, 0.5) is 13.2 Å². The molecule has 4 rings (SSSR count). The number of ether oxygens (including phenoxy) is 2. The fourth-order valence-electron chi connectivity index (χ4n) is 3.85. The summed E-state index contributed by atoms with van der Waals surface area (Å²) >= 11 is 0. The van der Waals surface area contributed by atoms with Crippen molar-refractivity contribution in [3.63, 3.8) is 0 Å². The van der Waals surface area contributed by atoms with Crippen molar-refractivity contribution in [2.75, 3.05) is 25.9 Å². The van der Waals surface area contributed by atoms with Gasteiger partial charge in [-0.2, -0.15) is 0 Å². The molecule has 2 heterocycles. The molecule has 1 aromatic heterocycles. The van der Waals surface area contributed by atoms with Crippen LogP contribution in [-0.4, -0.2) is 61.1 Å². The van der Waals surface area contributed by atoms with Gasteiger partial charge in [-0.3, -0.25) is 9.69 Å². The van der Waals surface area contributed by atoms with Crippen molar-refractivity contribution in [3.05, 3.63) is 71.3 Å². The van der Waals surface area contributed by atoms with E-state index in [-0.39, 0.29) is 46.4 Å². The van der Waals surface area contributed by atoms with Gasteiger partial charge in [0, 0.05) is 24.9 Å². The molecule has 0 amide bonds. The van der Waals surface area contributed by atoms with Gasteiger partial charge < -0.3 is 9.47 Å². The van der Waals surface area contributed by atoms with Crippen LogP contribution in [0.25, 0.3) is 0 Å². The first-order chi connectivity index (χ1) is 17.5. The molecule has 0 radical (unpaired) electrons.